The molecule has 3 aromatic rings. The lowest BCUT2D eigenvalue weighted by Gasteiger charge is -2.20. The Morgan fingerprint density at radius 1 is 0.750 bits per heavy atom. The summed E-state index contributed by atoms with van der Waals surface area (Å²) < 4.78 is 0. The van der Waals surface area contributed by atoms with Crippen molar-refractivity contribution in [2.75, 3.05) is 5.73 Å². The second-order valence-corrected chi connectivity index (χ2v) is 11.9. The fraction of sp³-hybridized carbons (Fsp3) is 0.250. The van der Waals surface area contributed by atoms with Crippen molar-refractivity contribution in [1.82, 2.24) is 9.97 Å². The van der Waals surface area contributed by atoms with E-state index in [0.29, 0.717) is 17.2 Å². The molecule has 2 aromatic carbocycles. The molecular formula is C24H27N3Si. The zero-order chi connectivity index (χ0) is 20.0. The molecule has 142 valence electrons. The Bertz CT molecular complexity index is 977. The van der Waals surface area contributed by atoms with E-state index in [0.717, 1.165) is 35.0 Å². The summed E-state index contributed by atoms with van der Waals surface area (Å²) in [7, 11) is -1.59. The van der Waals surface area contributed by atoms with Crippen LogP contribution in [0, 0.1) is 11.5 Å². The van der Waals surface area contributed by atoms with Crippen molar-refractivity contribution in [2.24, 2.45) is 0 Å². The van der Waals surface area contributed by atoms with E-state index in [1.54, 1.807) is 0 Å². The predicted molar refractivity (Wildman–Crippen MR) is 121 cm³/mol. The Morgan fingerprint density at radius 2 is 1.25 bits per heavy atom. The first-order chi connectivity index (χ1) is 13.6. The highest BCUT2D eigenvalue weighted by molar-refractivity contribution is 6.87. The third-order valence-corrected chi connectivity index (χ3v) is 10.2. The van der Waals surface area contributed by atoms with Crippen molar-refractivity contribution in [3.63, 3.8) is 0 Å². The van der Waals surface area contributed by atoms with Crippen LogP contribution in [0.15, 0.2) is 60.7 Å². The number of anilines is 1. The molecule has 4 heteroatoms. The summed E-state index contributed by atoms with van der Waals surface area (Å²) in [6, 6.07) is 23.5. The van der Waals surface area contributed by atoms with Crippen molar-refractivity contribution < 1.29 is 0 Å². The summed E-state index contributed by atoms with van der Waals surface area (Å²) in [5.41, 5.74) is 14.1. The molecule has 1 aromatic heterocycles. The van der Waals surface area contributed by atoms with Gasteiger partial charge in [0.1, 0.15) is 25.2 Å². The van der Waals surface area contributed by atoms with Crippen molar-refractivity contribution in [1.29, 1.82) is 0 Å². The first-order valence-corrected chi connectivity index (χ1v) is 12.6. The number of nitrogen functional groups attached to an aromatic ring is 1. The van der Waals surface area contributed by atoms with Gasteiger partial charge in [0.05, 0.1) is 0 Å². The Kier molecular flexibility index (Phi) is 6.28. The Balaban J connectivity index is 2.19. The third-order valence-electron chi connectivity index (χ3n) is 5.49. The molecule has 0 fully saturated rings. The summed E-state index contributed by atoms with van der Waals surface area (Å²) >= 11 is 0. The van der Waals surface area contributed by atoms with Gasteiger partial charge in [-0.1, -0.05) is 87.4 Å². The molecule has 1 heterocycles. The highest BCUT2D eigenvalue weighted by Gasteiger charge is 2.24. The fourth-order valence-electron chi connectivity index (χ4n) is 3.35. The molecule has 0 radical (unpaired) electrons. The molecule has 0 aliphatic carbocycles. The van der Waals surface area contributed by atoms with Gasteiger partial charge in [-0.05, 0) is 18.1 Å². The third kappa shape index (κ3) is 4.16. The summed E-state index contributed by atoms with van der Waals surface area (Å²) in [6.45, 7) is 6.76. The standard InChI is InChI=1S/C24H27N3Si/c1-4-28(5-2,6-3)18-17-21-22(19-13-9-7-10-14-19)27-23(24(25)26-21)20-15-11-8-12-16-20/h7-16H,4-6H2,1-3H3,(H2,25,26). The smallest absolute Gasteiger partial charge is 0.151 e. The number of aromatic nitrogens is 2. The number of nitrogens with two attached hydrogens (primary N) is 1. The van der Waals surface area contributed by atoms with Crippen molar-refractivity contribution >= 4 is 13.9 Å². The molecule has 0 unspecified atom stereocenters. The number of hydrogen-bond acceptors (Lipinski definition) is 3. The summed E-state index contributed by atoms with van der Waals surface area (Å²) in [5, 5.41) is 0. The molecule has 3 nitrogen and oxygen atoms in total. The van der Waals surface area contributed by atoms with Gasteiger partial charge in [0.15, 0.2) is 5.82 Å². The summed E-state index contributed by atoms with van der Waals surface area (Å²) in [4.78, 5) is 9.61. The van der Waals surface area contributed by atoms with Gasteiger partial charge in [-0.25, -0.2) is 9.97 Å². The van der Waals surface area contributed by atoms with Gasteiger partial charge in [0.25, 0.3) is 0 Å². The van der Waals surface area contributed by atoms with Crippen LogP contribution in [0.4, 0.5) is 5.82 Å². The van der Waals surface area contributed by atoms with Gasteiger partial charge in [0, 0.05) is 11.1 Å². The van der Waals surface area contributed by atoms with Gasteiger partial charge in [-0.3, -0.25) is 0 Å². The molecule has 0 aliphatic heterocycles. The minimum Gasteiger partial charge on any atom is -0.382 e. The van der Waals surface area contributed by atoms with Crippen LogP contribution >= 0.6 is 0 Å². The number of hydrogen-bond donors (Lipinski definition) is 1. The minimum atomic E-state index is -1.59. The molecule has 0 atom stereocenters. The van der Waals surface area contributed by atoms with E-state index in [-0.39, 0.29) is 0 Å². The van der Waals surface area contributed by atoms with Crippen LogP contribution in [0.3, 0.4) is 0 Å². The van der Waals surface area contributed by atoms with Crippen molar-refractivity contribution in [2.45, 2.75) is 38.9 Å². The molecule has 0 saturated carbocycles. The molecule has 0 spiro atoms. The topological polar surface area (TPSA) is 51.8 Å². The van der Waals surface area contributed by atoms with Crippen LogP contribution in [-0.4, -0.2) is 18.0 Å². The average Bonchev–Trinajstić information content (AvgIpc) is 2.76. The number of benzene rings is 2. The number of nitrogens with zero attached hydrogens (tertiary/aromatic N) is 2. The van der Waals surface area contributed by atoms with Crippen LogP contribution in [0.2, 0.25) is 18.1 Å². The monoisotopic (exact) mass is 385 g/mol. The molecular weight excluding hydrogens is 358 g/mol. The Labute approximate surface area is 169 Å². The summed E-state index contributed by atoms with van der Waals surface area (Å²) in [6.07, 6.45) is 0. The molecule has 0 amide bonds. The van der Waals surface area contributed by atoms with Crippen LogP contribution in [0.5, 0.6) is 0 Å². The molecule has 0 bridgehead atoms. The zero-order valence-corrected chi connectivity index (χ0v) is 17.9. The Morgan fingerprint density at radius 3 is 1.75 bits per heavy atom. The van der Waals surface area contributed by atoms with E-state index in [1.165, 1.54) is 0 Å². The SMILES string of the molecule is CC[Si](C#Cc1nc(N)c(-c2ccccc2)nc1-c1ccccc1)(CC)CC. The largest absolute Gasteiger partial charge is 0.382 e. The quantitative estimate of drug-likeness (QED) is 0.446. The highest BCUT2D eigenvalue weighted by atomic mass is 28.3. The Hall–Kier alpha value is -2.90. The maximum Gasteiger partial charge on any atom is 0.151 e. The minimum absolute atomic E-state index is 0.423. The maximum absolute atomic E-state index is 6.31. The van der Waals surface area contributed by atoms with E-state index >= 15 is 0 Å². The molecule has 28 heavy (non-hydrogen) atoms. The average molecular weight is 386 g/mol. The van der Waals surface area contributed by atoms with E-state index in [2.05, 4.69) is 32.2 Å². The highest BCUT2D eigenvalue weighted by Crippen LogP contribution is 2.28. The van der Waals surface area contributed by atoms with Crippen LogP contribution in [-0.2, 0) is 0 Å². The zero-order valence-electron chi connectivity index (χ0n) is 16.9. The summed E-state index contributed by atoms with van der Waals surface area (Å²) in [5.74, 6) is 3.81. The van der Waals surface area contributed by atoms with Crippen LogP contribution in [0.1, 0.15) is 26.5 Å². The van der Waals surface area contributed by atoms with Gasteiger partial charge in [-0.2, -0.15) is 0 Å². The molecule has 2 N–H and O–H groups in total. The molecule has 3 rings (SSSR count). The lowest BCUT2D eigenvalue weighted by molar-refractivity contribution is 1.19. The van der Waals surface area contributed by atoms with Gasteiger partial charge >= 0.3 is 0 Å². The molecule has 0 aliphatic rings. The van der Waals surface area contributed by atoms with E-state index in [9.17, 15) is 0 Å². The second-order valence-electron chi connectivity index (χ2n) is 6.98. The first-order valence-electron chi connectivity index (χ1n) is 9.94. The van der Waals surface area contributed by atoms with Gasteiger partial charge < -0.3 is 5.73 Å². The lowest BCUT2D eigenvalue weighted by atomic mass is 10.1. The first kappa shape index (κ1) is 19.8. The van der Waals surface area contributed by atoms with E-state index < -0.39 is 8.07 Å². The normalized spacial score (nSPS) is 11.0. The number of rotatable bonds is 5. The van der Waals surface area contributed by atoms with E-state index in [4.69, 9.17) is 15.7 Å². The van der Waals surface area contributed by atoms with Gasteiger partial charge in [-0.15, -0.1) is 5.54 Å². The fourth-order valence-corrected chi connectivity index (χ4v) is 5.76. The van der Waals surface area contributed by atoms with Crippen molar-refractivity contribution in [3.8, 4) is 34.0 Å². The van der Waals surface area contributed by atoms with Crippen molar-refractivity contribution in [3.05, 3.63) is 66.4 Å². The molecule has 0 saturated heterocycles. The van der Waals surface area contributed by atoms with E-state index in [1.807, 2.05) is 60.7 Å². The lowest BCUT2D eigenvalue weighted by Crippen LogP contribution is -2.29. The predicted octanol–water partition coefficient (Wildman–Crippen LogP) is 5.79. The van der Waals surface area contributed by atoms with Crippen LogP contribution < -0.4 is 5.73 Å². The second kappa shape index (κ2) is 8.86. The van der Waals surface area contributed by atoms with Gasteiger partial charge in [0.2, 0.25) is 0 Å². The van der Waals surface area contributed by atoms with Crippen LogP contribution in [0.25, 0.3) is 22.5 Å². The maximum atomic E-state index is 6.31.